The Bertz CT molecular complexity index is 325. The van der Waals surface area contributed by atoms with Crippen LogP contribution >= 0.6 is 11.3 Å². The quantitative estimate of drug-likeness (QED) is 0.880. The predicted octanol–water partition coefficient (Wildman–Crippen LogP) is 1.64. The highest BCUT2D eigenvalue weighted by molar-refractivity contribution is 7.07. The van der Waals surface area contributed by atoms with Gasteiger partial charge in [-0.3, -0.25) is 4.90 Å². The van der Waals surface area contributed by atoms with E-state index in [1.165, 1.54) is 12.1 Å². The first-order valence-electron chi connectivity index (χ1n) is 6.36. The van der Waals surface area contributed by atoms with Gasteiger partial charge >= 0.3 is 0 Å². The van der Waals surface area contributed by atoms with Crippen LogP contribution in [0.2, 0.25) is 0 Å². The van der Waals surface area contributed by atoms with E-state index in [1.807, 2.05) is 0 Å². The minimum Gasteiger partial charge on any atom is -0.309 e. The van der Waals surface area contributed by atoms with Crippen LogP contribution in [0.15, 0.2) is 16.8 Å². The molecule has 0 saturated carbocycles. The minimum atomic E-state index is 0.457. The lowest BCUT2D eigenvalue weighted by atomic mass is 9.98. The van der Waals surface area contributed by atoms with Gasteiger partial charge in [-0.2, -0.15) is 11.3 Å². The summed E-state index contributed by atoms with van der Waals surface area (Å²) in [6.45, 7) is 6.69. The van der Waals surface area contributed by atoms with E-state index in [4.69, 9.17) is 0 Å². The first-order valence-corrected chi connectivity index (χ1v) is 7.31. The van der Waals surface area contributed by atoms with E-state index in [1.54, 1.807) is 11.3 Å². The number of likely N-dealkylation sites (N-methyl/N-ethyl adjacent to an activating group) is 3. The van der Waals surface area contributed by atoms with Crippen molar-refractivity contribution in [2.45, 2.75) is 19.0 Å². The highest BCUT2D eigenvalue weighted by Gasteiger charge is 2.30. The molecule has 1 aromatic heterocycles. The van der Waals surface area contributed by atoms with Crippen molar-refractivity contribution in [3.05, 3.63) is 22.4 Å². The second-order valence-corrected chi connectivity index (χ2v) is 5.68. The zero-order valence-electron chi connectivity index (χ0n) is 11.0. The Labute approximate surface area is 108 Å². The molecule has 0 radical (unpaired) electrons. The molecule has 17 heavy (non-hydrogen) atoms. The molecule has 2 rings (SSSR count). The number of nitrogens with one attached hydrogen (secondary N) is 1. The second kappa shape index (κ2) is 5.96. The van der Waals surface area contributed by atoms with E-state index < -0.39 is 0 Å². The molecule has 0 aliphatic carbocycles. The lowest BCUT2D eigenvalue weighted by Gasteiger charge is -2.42. The molecule has 0 aromatic carbocycles. The lowest BCUT2D eigenvalue weighted by molar-refractivity contribution is 0.0882. The fourth-order valence-electron chi connectivity index (χ4n) is 2.55. The van der Waals surface area contributed by atoms with Crippen molar-refractivity contribution in [3.8, 4) is 0 Å². The average molecular weight is 253 g/mol. The third kappa shape index (κ3) is 3.07. The molecule has 1 saturated heterocycles. The summed E-state index contributed by atoms with van der Waals surface area (Å²) < 4.78 is 0. The number of hydrogen-bond donors (Lipinski definition) is 1. The molecule has 1 aliphatic heterocycles. The minimum absolute atomic E-state index is 0.457. The maximum atomic E-state index is 3.64. The molecule has 2 heterocycles. The Hall–Kier alpha value is -0.420. The van der Waals surface area contributed by atoms with Crippen molar-refractivity contribution in [2.24, 2.45) is 0 Å². The molecule has 3 nitrogen and oxygen atoms in total. The Morgan fingerprint density at radius 3 is 2.94 bits per heavy atom. The van der Waals surface area contributed by atoms with Gasteiger partial charge in [0.05, 0.1) is 0 Å². The topological polar surface area (TPSA) is 18.5 Å². The fraction of sp³-hybridized carbons (Fsp3) is 0.692. The van der Waals surface area contributed by atoms with Gasteiger partial charge in [0, 0.05) is 31.7 Å². The van der Waals surface area contributed by atoms with Crippen LogP contribution in [-0.4, -0.2) is 56.1 Å². The van der Waals surface area contributed by atoms with Crippen molar-refractivity contribution < 1.29 is 0 Å². The third-order valence-electron chi connectivity index (χ3n) is 3.61. The Balaban J connectivity index is 2.14. The van der Waals surface area contributed by atoms with Crippen LogP contribution in [0.3, 0.4) is 0 Å². The van der Waals surface area contributed by atoms with E-state index in [-0.39, 0.29) is 0 Å². The number of piperazine rings is 1. The zero-order chi connectivity index (χ0) is 12.3. The summed E-state index contributed by atoms with van der Waals surface area (Å²) in [7, 11) is 4.46. The fourth-order valence-corrected chi connectivity index (χ4v) is 3.25. The summed E-state index contributed by atoms with van der Waals surface area (Å²) in [5, 5.41) is 8.09. The zero-order valence-corrected chi connectivity index (χ0v) is 11.8. The molecule has 1 fully saturated rings. The molecule has 0 amide bonds. The summed E-state index contributed by atoms with van der Waals surface area (Å²) in [5.74, 6) is 0. The van der Waals surface area contributed by atoms with Gasteiger partial charge in [0.2, 0.25) is 0 Å². The lowest BCUT2D eigenvalue weighted by Crippen LogP contribution is -2.55. The van der Waals surface area contributed by atoms with Crippen LogP contribution in [0.5, 0.6) is 0 Å². The summed E-state index contributed by atoms with van der Waals surface area (Å²) in [6.07, 6.45) is 0. The highest BCUT2D eigenvalue weighted by atomic mass is 32.1. The molecule has 1 N–H and O–H groups in total. The van der Waals surface area contributed by atoms with Gasteiger partial charge in [-0.25, -0.2) is 0 Å². The van der Waals surface area contributed by atoms with Crippen LogP contribution in [0.4, 0.5) is 0 Å². The first-order chi connectivity index (χ1) is 8.22. The van der Waals surface area contributed by atoms with Gasteiger partial charge in [-0.05, 0) is 43.0 Å². The molecule has 2 unspecified atom stereocenters. The van der Waals surface area contributed by atoms with Gasteiger partial charge < -0.3 is 10.2 Å². The number of rotatable bonds is 4. The van der Waals surface area contributed by atoms with Crippen molar-refractivity contribution in [3.63, 3.8) is 0 Å². The average Bonchev–Trinajstić information content (AvgIpc) is 2.83. The third-order valence-corrected chi connectivity index (χ3v) is 4.31. The van der Waals surface area contributed by atoms with Crippen LogP contribution in [0.1, 0.15) is 18.5 Å². The number of thiophene rings is 1. The van der Waals surface area contributed by atoms with Crippen LogP contribution in [0, 0.1) is 0 Å². The molecule has 96 valence electrons. The molecule has 2 atom stereocenters. The van der Waals surface area contributed by atoms with Crippen LogP contribution in [0.25, 0.3) is 0 Å². The highest BCUT2D eigenvalue weighted by Crippen LogP contribution is 2.24. The maximum absolute atomic E-state index is 3.64. The molecule has 1 aromatic rings. The van der Waals surface area contributed by atoms with Crippen molar-refractivity contribution >= 4 is 11.3 Å². The summed E-state index contributed by atoms with van der Waals surface area (Å²) >= 11 is 1.79. The maximum Gasteiger partial charge on any atom is 0.0498 e. The predicted molar refractivity (Wildman–Crippen MR) is 74.7 cm³/mol. The van der Waals surface area contributed by atoms with Gasteiger partial charge in [0.25, 0.3) is 0 Å². The number of nitrogens with zero attached hydrogens (tertiary/aromatic N) is 2. The normalized spacial score (nSPS) is 25.0. The molecule has 4 heteroatoms. The van der Waals surface area contributed by atoms with E-state index in [0.29, 0.717) is 12.1 Å². The molecule has 0 spiro atoms. The van der Waals surface area contributed by atoms with Crippen LogP contribution in [-0.2, 0) is 0 Å². The Morgan fingerprint density at radius 1 is 1.47 bits per heavy atom. The van der Waals surface area contributed by atoms with Crippen molar-refractivity contribution in [2.75, 3.05) is 40.3 Å². The van der Waals surface area contributed by atoms with E-state index in [0.717, 1.165) is 19.6 Å². The second-order valence-electron chi connectivity index (χ2n) is 4.90. The molecule has 0 bridgehead atoms. The number of hydrogen-bond acceptors (Lipinski definition) is 4. The first kappa shape index (κ1) is 13.0. The molecule has 1 aliphatic rings. The molecular formula is C13H23N3S. The Morgan fingerprint density at radius 2 is 2.29 bits per heavy atom. The van der Waals surface area contributed by atoms with E-state index >= 15 is 0 Å². The van der Waals surface area contributed by atoms with E-state index in [2.05, 4.69) is 53.0 Å². The van der Waals surface area contributed by atoms with Crippen molar-refractivity contribution in [1.29, 1.82) is 0 Å². The van der Waals surface area contributed by atoms with Crippen molar-refractivity contribution in [1.82, 2.24) is 15.1 Å². The van der Waals surface area contributed by atoms with Crippen LogP contribution < -0.4 is 5.32 Å². The molecular weight excluding hydrogens is 230 g/mol. The standard InChI is InChI=1S/C13H23N3S/c1-4-14-13(11-5-8-17-10-11)12-9-15(2)6-7-16(12)3/h5,8,10,12-14H,4,6-7,9H2,1-3H3. The van der Waals surface area contributed by atoms with Gasteiger partial charge in [0.1, 0.15) is 0 Å². The summed E-state index contributed by atoms with van der Waals surface area (Å²) in [6, 6.07) is 3.28. The summed E-state index contributed by atoms with van der Waals surface area (Å²) in [5.41, 5.74) is 1.43. The van der Waals surface area contributed by atoms with E-state index in [9.17, 15) is 0 Å². The smallest absolute Gasteiger partial charge is 0.0498 e. The van der Waals surface area contributed by atoms with Gasteiger partial charge in [-0.1, -0.05) is 6.92 Å². The monoisotopic (exact) mass is 253 g/mol. The largest absolute Gasteiger partial charge is 0.309 e. The van der Waals surface area contributed by atoms with Gasteiger partial charge in [0.15, 0.2) is 0 Å². The summed E-state index contributed by atoms with van der Waals surface area (Å²) in [4.78, 5) is 4.92. The van der Waals surface area contributed by atoms with Gasteiger partial charge in [-0.15, -0.1) is 0 Å². The Kier molecular flexibility index (Phi) is 4.56. The SMILES string of the molecule is CCNC(c1ccsc1)C1CN(C)CCN1C.